The number of nitrogens with one attached hydrogen (secondary N) is 1. The third-order valence-electron chi connectivity index (χ3n) is 3.88. The first-order valence-electron chi connectivity index (χ1n) is 8.95. The summed E-state index contributed by atoms with van der Waals surface area (Å²) in [7, 11) is 0. The molecule has 0 radical (unpaired) electrons. The maximum atomic E-state index is 12.1. The zero-order valence-corrected chi connectivity index (χ0v) is 16.2. The van der Waals surface area contributed by atoms with Crippen LogP contribution in [0, 0.1) is 17.0 Å². The van der Waals surface area contributed by atoms with Crippen molar-refractivity contribution in [2.24, 2.45) is 0 Å². The molecule has 0 fully saturated rings. The van der Waals surface area contributed by atoms with Crippen LogP contribution in [-0.4, -0.2) is 43.2 Å². The number of ether oxygens (including phenoxy) is 3. The fraction of sp³-hybridized carbons (Fsp3) is 0.300. The molecule has 0 saturated heterocycles. The highest BCUT2D eigenvalue weighted by Crippen LogP contribution is 2.21. The van der Waals surface area contributed by atoms with E-state index in [1.165, 1.54) is 25.1 Å². The second kappa shape index (κ2) is 10.6. The van der Waals surface area contributed by atoms with Crippen LogP contribution < -0.4 is 14.8 Å². The number of nitro groups is 1. The third kappa shape index (κ3) is 6.49. The van der Waals surface area contributed by atoms with E-state index < -0.39 is 23.4 Å². The summed E-state index contributed by atoms with van der Waals surface area (Å²) < 4.78 is 15.8. The summed E-state index contributed by atoms with van der Waals surface area (Å²) in [4.78, 5) is 34.2. The van der Waals surface area contributed by atoms with Crippen molar-refractivity contribution in [2.45, 2.75) is 13.8 Å². The number of hydrogen-bond donors (Lipinski definition) is 1. The van der Waals surface area contributed by atoms with Crippen LogP contribution in [0.1, 0.15) is 22.8 Å². The van der Waals surface area contributed by atoms with Crippen LogP contribution in [0.25, 0.3) is 0 Å². The standard InChI is InChI=1S/C20H22N2O7/c1-3-27-15-7-9-16(10-8-15)28-12-11-21-19(23)13-29-20(24)17-5-4-6-18(14(17)2)22(25)26/h4-10H,3,11-13H2,1-2H3,(H,21,23). The summed E-state index contributed by atoms with van der Waals surface area (Å²) in [5.74, 6) is 0.0768. The first-order valence-corrected chi connectivity index (χ1v) is 8.95. The van der Waals surface area contributed by atoms with E-state index in [4.69, 9.17) is 14.2 Å². The van der Waals surface area contributed by atoms with E-state index in [1.807, 2.05) is 6.92 Å². The molecule has 9 heteroatoms. The maximum absolute atomic E-state index is 12.1. The molecular weight excluding hydrogens is 380 g/mol. The SMILES string of the molecule is CCOc1ccc(OCCNC(=O)COC(=O)c2cccc([N+](=O)[O-])c2C)cc1. The summed E-state index contributed by atoms with van der Waals surface area (Å²) in [6.45, 7) is 3.89. The molecule has 0 bridgehead atoms. The van der Waals surface area contributed by atoms with Crippen LogP contribution >= 0.6 is 0 Å². The Hall–Kier alpha value is -3.62. The molecular formula is C20H22N2O7. The normalized spacial score (nSPS) is 10.1. The van der Waals surface area contributed by atoms with Gasteiger partial charge in [0.25, 0.3) is 11.6 Å². The van der Waals surface area contributed by atoms with Gasteiger partial charge in [0, 0.05) is 11.6 Å². The molecule has 2 aromatic rings. The zero-order valence-electron chi connectivity index (χ0n) is 16.2. The molecule has 0 aliphatic carbocycles. The first-order chi connectivity index (χ1) is 13.9. The van der Waals surface area contributed by atoms with Gasteiger partial charge in [-0.15, -0.1) is 0 Å². The van der Waals surface area contributed by atoms with Crippen LogP contribution in [0.5, 0.6) is 11.5 Å². The van der Waals surface area contributed by atoms with Crippen LogP contribution in [0.3, 0.4) is 0 Å². The van der Waals surface area contributed by atoms with Crippen LogP contribution in [0.2, 0.25) is 0 Å². The fourth-order valence-electron chi connectivity index (χ4n) is 2.46. The molecule has 0 spiro atoms. The number of nitrogens with zero attached hydrogens (tertiary/aromatic N) is 1. The molecule has 1 N–H and O–H groups in total. The van der Waals surface area contributed by atoms with Crippen molar-refractivity contribution in [1.29, 1.82) is 0 Å². The molecule has 0 aliphatic heterocycles. The number of amides is 1. The monoisotopic (exact) mass is 402 g/mol. The Morgan fingerprint density at radius 3 is 2.34 bits per heavy atom. The Balaban J connectivity index is 1.72. The summed E-state index contributed by atoms with van der Waals surface area (Å²) in [6, 6.07) is 11.2. The molecule has 0 unspecified atom stereocenters. The third-order valence-corrected chi connectivity index (χ3v) is 3.88. The molecule has 1 amide bonds. The van der Waals surface area contributed by atoms with Crippen molar-refractivity contribution in [1.82, 2.24) is 5.32 Å². The molecule has 2 rings (SSSR count). The zero-order chi connectivity index (χ0) is 21.2. The molecule has 0 aliphatic rings. The summed E-state index contributed by atoms with van der Waals surface area (Å²) in [6.07, 6.45) is 0. The molecule has 9 nitrogen and oxygen atoms in total. The Labute approximate surface area is 167 Å². The van der Waals surface area contributed by atoms with Crippen LogP contribution in [-0.2, 0) is 9.53 Å². The second-order valence-electron chi connectivity index (χ2n) is 5.89. The Morgan fingerprint density at radius 1 is 1.07 bits per heavy atom. The minimum absolute atomic E-state index is 0.0471. The molecule has 0 atom stereocenters. The van der Waals surface area contributed by atoms with Crippen molar-refractivity contribution in [3.63, 3.8) is 0 Å². The molecule has 0 saturated carbocycles. The molecule has 0 aromatic heterocycles. The van der Waals surface area contributed by atoms with Crippen molar-refractivity contribution in [2.75, 3.05) is 26.4 Å². The van der Waals surface area contributed by atoms with Gasteiger partial charge in [-0.1, -0.05) is 6.07 Å². The number of benzene rings is 2. The number of carbonyl (C=O) groups excluding carboxylic acids is 2. The number of hydrogen-bond acceptors (Lipinski definition) is 7. The smallest absolute Gasteiger partial charge is 0.339 e. The topological polar surface area (TPSA) is 117 Å². The molecule has 0 heterocycles. The van der Waals surface area contributed by atoms with Gasteiger partial charge in [0.15, 0.2) is 6.61 Å². The number of carbonyl (C=O) groups is 2. The summed E-state index contributed by atoms with van der Waals surface area (Å²) >= 11 is 0. The quantitative estimate of drug-likeness (QED) is 0.281. The first kappa shape index (κ1) is 21.7. The Morgan fingerprint density at radius 2 is 1.72 bits per heavy atom. The largest absolute Gasteiger partial charge is 0.494 e. The number of esters is 1. The summed E-state index contributed by atoms with van der Waals surface area (Å²) in [5, 5.41) is 13.5. The van der Waals surface area contributed by atoms with Crippen molar-refractivity contribution in [3.8, 4) is 11.5 Å². The van der Waals surface area contributed by atoms with E-state index in [0.717, 1.165) is 5.75 Å². The van der Waals surface area contributed by atoms with Gasteiger partial charge in [-0.2, -0.15) is 0 Å². The fourth-order valence-corrected chi connectivity index (χ4v) is 2.46. The van der Waals surface area contributed by atoms with Gasteiger partial charge < -0.3 is 19.5 Å². The lowest BCUT2D eigenvalue weighted by Crippen LogP contribution is -2.32. The highest BCUT2D eigenvalue weighted by Gasteiger charge is 2.19. The lowest BCUT2D eigenvalue weighted by atomic mass is 10.1. The van der Waals surface area contributed by atoms with Crippen LogP contribution in [0.15, 0.2) is 42.5 Å². The minimum atomic E-state index is -0.799. The van der Waals surface area contributed by atoms with Crippen molar-refractivity contribution < 1.29 is 28.7 Å². The van der Waals surface area contributed by atoms with Gasteiger partial charge in [0.1, 0.15) is 18.1 Å². The van der Waals surface area contributed by atoms with Gasteiger partial charge in [-0.25, -0.2) is 4.79 Å². The van der Waals surface area contributed by atoms with Gasteiger partial charge in [-0.05, 0) is 44.2 Å². The van der Waals surface area contributed by atoms with Crippen molar-refractivity contribution in [3.05, 3.63) is 63.7 Å². The van der Waals surface area contributed by atoms with E-state index in [2.05, 4.69) is 5.32 Å². The van der Waals surface area contributed by atoms with E-state index in [1.54, 1.807) is 24.3 Å². The Kier molecular flexibility index (Phi) is 7.96. The predicted octanol–water partition coefficient (Wildman–Crippen LogP) is 2.65. The predicted molar refractivity (Wildman–Crippen MR) is 104 cm³/mol. The van der Waals surface area contributed by atoms with E-state index in [-0.39, 0.29) is 30.0 Å². The maximum Gasteiger partial charge on any atom is 0.339 e. The Bertz CT molecular complexity index is 866. The van der Waals surface area contributed by atoms with Crippen molar-refractivity contribution >= 4 is 17.6 Å². The van der Waals surface area contributed by atoms with E-state index in [9.17, 15) is 19.7 Å². The van der Waals surface area contributed by atoms with E-state index in [0.29, 0.717) is 12.4 Å². The highest BCUT2D eigenvalue weighted by atomic mass is 16.6. The van der Waals surface area contributed by atoms with Gasteiger partial charge in [-0.3, -0.25) is 14.9 Å². The van der Waals surface area contributed by atoms with Gasteiger partial charge in [0.2, 0.25) is 0 Å². The molecule has 29 heavy (non-hydrogen) atoms. The highest BCUT2D eigenvalue weighted by molar-refractivity contribution is 5.93. The number of nitro benzene ring substituents is 1. The van der Waals surface area contributed by atoms with E-state index >= 15 is 0 Å². The summed E-state index contributed by atoms with van der Waals surface area (Å²) in [5.41, 5.74) is 0.0489. The van der Waals surface area contributed by atoms with Gasteiger partial charge in [0.05, 0.1) is 23.6 Å². The second-order valence-corrected chi connectivity index (χ2v) is 5.89. The lowest BCUT2D eigenvalue weighted by molar-refractivity contribution is -0.385. The molecule has 154 valence electrons. The minimum Gasteiger partial charge on any atom is -0.494 e. The molecule has 2 aromatic carbocycles. The number of rotatable bonds is 10. The van der Waals surface area contributed by atoms with Crippen LogP contribution in [0.4, 0.5) is 5.69 Å². The lowest BCUT2D eigenvalue weighted by Gasteiger charge is -2.10. The average Bonchev–Trinajstić information content (AvgIpc) is 2.70. The average molecular weight is 402 g/mol. The van der Waals surface area contributed by atoms with Gasteiger partial charge >= 0.3 is 5.97 Å².